The summed E-state index contributed by atoms with van der Waals surface area (Å²) in [6.45, 7) is 4.68. The van der Waals surface area contributed by atoms with E-state index in [1.165, 1.54) is 6.08 Å². The number of fused-ring (bicyclic) bond motifs is 1. The van der Waals surface area contributed by atoms with Gasteiger partial charge in [0.05, 0.1) is 13.2 Å². The molecule has 3 rings (SSSR count). The van der Waals surface area contributed by atoms with Crippen molar-refractivity contribution in [2.24, 2.45) is 5.92 Å². The van der Waals surface area contributed by atoms with E-state index >= 15 is 0 Å². The number of benzene rings is 2. The summed E-state index contributed by atoms with van der Waals surface area (Å²) in [4.78, 5) is 25.3. The summed E-state index contributed by atoms with van der Waals surface area (Å²) in [7, 11) is 0. The lowest BCUT2D eigenvalue weighted by Gasteiger charge is -2.12. The molecule has 0 bridgehead atoms. The molecule has 0 spiro atoms. The van der Waals surface area contributed by atoms with Crippen LogP contribution in [0.25, 0.3) is 6.08 Å². The van der Waals surface area contributed by atoms with E-state index in [-0.39, 0.29) is 25.6 Å². The molecule has 0 radical (unpaired) electrons. The number of nitrogens with one attached hydrogen (secondary N) is 2. The van der Waals surface area contributed by atoms with Crippen molar-refractivity contribution in [1.29, 1.82) is 0 Å². The Bertz CT molecular complexity index is 953. The van der Waals surface area contributed by atoms with Gasteiger partial charge in [-0.05, 0) is 54.0 Å². The summed E-state index contributed by atoms with van der Waals surface area (Å²) < 4.78 is 16.3. The third-order valence-corrected chi connectivity index (χ3v) is 4.30. The summed E-state index contributed by atoms with van der Waals surface area (Å²) in [5.74, 6) is 1.28. The van der Waals surface area contributed by atoms with Crippen LogP contribution in [-0.2, 0) is 4.79 Å². The highest BCUT2D eigenvalue weighted by Crippen LogP contribution is 2.33. The van der Waals surface area contributed by atoms with E-state index in [9.17, 15) is 9.59 Å². The fraction of sp³-hybridized carbons (Fsp3) is 0.304. The van der Waals surface area contributed by atoms with Crippen LogP contribution in [0.15, 0.2) is 48.2 Å². The van der Waals surface area contributed by atoms with Crippen molar-refractivity contribution in [1.82, 2.24) is 10.6 Å². The number of carbonyl (C=O) groups excluding carboxylic acids is 2. The predicted octanol–water partition coefficient (Wildman–Crippen LogP) is 2.33. The number of aliphatic hydroxyl groups excluding tert-OH is 1. The molecule has 2 aromatic carbocycles. The Morgan fingerprint density at radius 1 is 1.13 bits per heavy atom. The first-order valence-electron chi connectivity index (χ1n) is 10.0. The predicted molar refractivity (Wildman–Crippen MR) is 115 cm³/mol. The molecule has 0 unspecified atom stereocenters. The van der Waals surface area contributed by atoms with Gasteiger partial charge in [0.25, 0.3) is 11.8 Å². The quantitative estimate of drug-likeness (QED) is 0.532. The van der Waals surface area contributed by atoms with Crippen molar-refractivity contribution < 1.29 is 28.9 Å². The van der Waals surface area contributed by atoms with Crippen LogP contribution in [0.2, 0.25) is 0 Å². The minimum Gasteiger partial charge on any atom is -0.493 e. The van der Waals surface area contributed by atoms with Gasteiger partial charge in [-0.3, -0.25) is 9.59 Å². The average Bonchev–Trinajstić information content (AvgIpc) is 3.23. The Morgan fingerprint density at radius 3 is 2.58 bits per heavy atom. The fourth-order valence-electron chi connectivity index (χ4n) is 2.75. The van der Waals surface area contributed by atoms with Crippen molar-refractivity contribution >= 4 is 17.9 Å². The number of carbonyl (C=O) groups is 2. The third kappa shape index (κ3) is 6.23. The summed E-state index contributed by atoms with van der Waals surface area (Å²) >= 11 is 0. The molecular formula is C23H26N2O6. The Morgan fingerprint density at radius 2 is 1.87 bits per heavy atom. The first-order valence-corrected chi connectivity index (χ1v) is 10.0. The highest BCUT2D eigenvalue weighted by atomic mass is 16.7. The summed E-state index contributed by atoms with van der Waals surface area (Å²) in [5, 5.41) is 14.2. The smallest absolute Gasteiger partial charge is 0.267 e. The highest BCUT2D eigenvalue weighted by molar-refractivity contribution is 6.05. The Balaban J connectivity index is 1.76. The van der Waals surface area contributed by atoms with E-state index in [0.717, 1.165) is 0 Å². The van der Waals surface area contributed by atoms with Gasteiger partial charge in [0.2, 0.25) is 6.79 Å². The van der Waals surface area contributed by atoms with Crippen molar-refractivity contribution in [2.75, 3.05) is 26.6 Å². The molecule has 8 nitrogen and oxygen atoms in total. The normalized spacial score (nSPS) is 12.6. The molecule has 0 saturated carbocycles. The lowest BCUT2D eigenvalue weighted by atomic mass is 10.1. The molecule has 2 aromatic rings. The lowest BCUT2D eigenvalue weighted by Crippen LogP contribution is -2.36. The van der Waals surface area contributed by atoms with Gasteiger partial charge in [-0.15, -0.1) is 0 Å². The maximum Gasteiger partial charge on any atom is 0.267 e. The molecule has 1 aliphatic rings. The van der Waals surface area contributed by atoms with Crippen molar-refractivity contribution in [2.45, 2.75) is 13.8 Å². The van der Waals surface area contributed by atoms with Crippen molar-refractivity contribution in [3.05, 3.63) is 59.3 Å². The van der Waals surface area contributed by atoms with Crippen molar-refractivity contribution in [3.63, 3.8) is 0 Å². The van der Waals surface area contributed by atoms with Crippen molar-refractivity contribution in [3.8, 4) is 17.2 Å². The van der Waals surface area contributed by atoms with E-state index < -0.39 is 11.8 Å². The van der Waals surface area contributed by atoms with Crippen LogP contribution in [0, 0.1) is 5.92 Å². The molecule has 1 aliphatic heterocycles. The Kier molecular flexibility index (Phi) is 7.50. The Hall–Kier alpha value is -3.52. The summed E-state index contributed by atoms with van der Waals surface area (Å²) in [6, 6.07) is 11.9. The zero-order chi connectivity index (χ0) is 22.2. The second-order valence-corrected chi connectivity index (χ2v) is 7.33. The first-order chi connectivity index (χ1) is 15.0. The molecule has 0 saturated heterocycles. The van der Waals surface area contributed by atoms with E-state index in [2.05, 4.69) is 24.5 Å². The standard InChI is InChI=1S/C23H26N2O6/c1-15(2)13-29-18-6-4-17(5-7-18)22(27)25-19(23(28)24-9-10-26)11-16-3-8-20-21(12-16)31-14-30-20/h3-8,11-12,15,26H,9-10,13-14H2,1-2H3,(H,24,28)(H,25,27). The molecule has 3 N–H and O–H groups in total. The number of aliphatic hydroxyl groups is 1. The van der Waals surface area contributed by atoms with Gasteiger partial charge in [0, 0.05) is 12.1 Å². The molecule has 164 valence electrons. The lowest BCUT2D eigenvalue weighted by molar-refractivity contribution is -0.117. The molecule has 0 fully saturated rings. The largest absolute Gasteiger partial charge is 0.493 e. The van der Waals surface area contributed by atoms with E-state index in [1.807, 2.05) is 0 Å². The van der Waals surface area contributed by atoms with Gasteiger partial charge in [0.15, 0.2) is 11.5 Å². The van der Waals surface area contributed by atoms with Crippen LogP contribution in [0.1, 0.15) is 29.8 Å². The second-order valence-electron chi connectivity index (χ2n) is 7.33. The minimum atomic E-state index is -0.517. The monoisotopic (exact) mass is 426 g/mol. The SMILES string of the molecule is CC(C)COc1ccc(C(=O)NC(=Cc2ccc3c(c2)OCO3)C(=O)NCCO)cc1. The molecule has 1 heterocycles. The van der Waals surface area contributed by atoms with Gasteiger partial charge >= 0.3 is 0 Å². The maximum absolute atomic E-state index is 12.7. The first kappa shape index (κ1) is 22.2. The maximum atomic E-state index is 12.7. The molecule has 31 heavy (non-hydrogen) atoms. The number of rotatable bonds is 9. The summed E-state index contributed by atoms with van der Waals surface area (Å²) in [6.07, 6.45) is 1.53. The van der Waals surface area contributed by atoms with E-state index in [0.29, 0.717) is 40.9 Å². The van der Waals surface area contributed by atoms with Crippen LogP contribution in [0.4, 0.5) is 0 Å². The van der Waals surface area contributed by atoms with Crippen LogP contribution in [-0.4, -0.2) is 43.5 Å². The van der Waals surface area contributed by atoms with Gasteiger partial charge in [0.1, 0.15) is 11.4 Å². The highest BCUT2D eigenvalue weighted by Gasteiger charge is 2.17. The third-order valence-electron chi connectivity index (χ3n) is 4.30. The van der Waals surface area contributed by atoms with Crippen LogP contribution < -0.4 is 24.8 Å². The molecule has 2 amide bonds. The summed E-state index contributed by atoms with van der Waals surface area (Å²) in [5.41, 5.74) is 1.07. The average molecular weight is 426 g/mol. The molecule has 0 aromatic heterocycles. The zero-order valence-corrected chi connectivity index (χ0v) is 17.5. The number of hydrogen-bond donors (Lipinski definition) is 3. The minimum absolute atomic E-state index is 0.0393. The van der Waals surface area contributed by atoms with Crippen LogP contribution in [0.5, 0.6) is 17.2 Å². The second kappa shape index (κ2) is 10.5. The van der Waals surface area contributed by atoms with Gasteiger partial charge in [-0.1, -0.05) is 19.9 Å². The molecular weight excluding hydrogens is 400 g/mol. The molecule has 8 heteroatoms. The van der Waals surface area contributed by atoms with Crippen LogP contribution >= 0.6 is 0 Å². The molecule has 0 aliphatic carbocycles. The van der Waals surface area contributed by atoms with Crippen LogP contribution in [0.3, 0.4) is 0 Å². The Labute approximate surface area is 180 Å². The van der Waals surface area contributed by atoms with E-state index in [1.54, 1.807) is 42.5 Å². The zero-order valence-electron chi connectivity index (χ0n) is 17.5. The van der Waals surface area contributed by atoms with Gasteiger partial charge in [-0.2, -0.15) is 0 Å². The van der Waals surface area contributed by atoms with Gasteiger partial charge in [-0.25, -0.2) is 0 Å². The number of amides is 2. The fourth-order valence-corrected chi connectivity index (χ4v) is 2.75. The van der Waals surface area contributed by atoms with Gasteiger partial charge < -0.3 is 30.0 Å². The number of hydrogen-bond acceptors (Lipinski definition) is 6. The topological polar surface area (TPSA) is 106 Å². The molecule has 0 atom stereocenters. The van der Waals surface area contributed by atoms with E-state index in [4.69, 9.17) is 19.3 Å². The number of ether oxygens (including phenoxy) is 3.